The maximum Gasteiger partial charge on any atom is 0.494 e. The van der Waals surface area contributed by atoms with Gasteiger partial charge in [-0.25, -0.2) is 0 Å². The van der Waals surface area contributed by atoms with Gasteiger partial charge in [0.05, 0.1) is 5.56 Å². The maximum absolute atomic E-state index is 10.5. The second-order valence-corrected chi connectivity index (χ2v) is 6.75. The third-order valence-corrected chi connectivity index (χ3v) is 5.01. The standard InChI is InChI=1S/C23H18BN2O2/c27-24-20-14-8-7-13-19(20)23-25-21(17-9-3-1-4-10-17)15-22(26(23)16-28-24)18-11-5-2-6-12-18/h1-15,27H,16H2/q+1. The molecule has 134 valence electrons. The Kier molecular flexibility index (Phi) is 4.24. The summed E-state index contributed by atoms with van der Waals surface area (Å²) in [7, 11) is -0.985. The molecule has 0 bridgehead atoms. The second kappa shape index (κ2) is 7.04. The molecule has 0 saturated carbocycles. The monoisotopic (exact) mass is 365 g/mol. The van der Waals surface area contributed by atoms with E-state index >= 15 is 0 Å². The summed E-state index contributed by atoms with van der Waals surface area (Å²) in [5.41, 5.74) is 5.60. The third kappa shape index (κ3) is 2.91. The van der Waals surface area contributed by atoms with Gasteiger partial charge >= 0.3 is 12.9 Å². The Bertz CT molecular complexity index is 1130. The van der Waals surface area contributed by atoms with Crippen LogP contribution in [-0.4, -0.2) is 17.1 Å². The van der Waals surface area contributed by atoms with Crippen LogP contribution < -0.4 is 10.0 Å². The SMILES string of the molecule is OB1OC[n+]2c(-c3ccccc3)cc(-c3ccccc3)nc2-c2ccccc21. The van der Waals surface area contributed by atoms with Crippen molar-refractivity contribution >= 4 is 12.6 Å². The highest BCUT2D eigenvalue weighted by Gasteiger charge is 2.33. The smallest absolute Gasteiger partial charge is 0.423 e. The van der Waals surface area contributed by atoms with Crippen LogP contribution in [0.4, 0.5) is 0 Å². The maximum atomic E-state index is 10.5. The summed E-state index contributed by atoms with van der Waals surface area (Å²) < 4.78 is 7.77. The van der Waals surface area contributed by atoms with E-state index in [1.165, 1.54) is 0 Å². The fourth-order valence-electron chi connectivity index (χ4n) is 3.62. The van der Waals surface area contributed by atoms with Crippen LogP contribution in [0, 0.1) is 0 Å². The zero-order chi connectivity index (χ0) is 18.9. The van der Waals surface area contributed by atoms with Crippen LogP contribution in [0.5, 0.6) is 0 Å². The van der Waals surface area contributed by atoms with Gasteiger partial charge in [-0.3, -0.25) is 0 Å². The molecule has 0 spiro atoms. The predicted octanol–water partition coefficient (Wildman–Crippen LogP) is 3.05. The van der Waals surface area contributed by atoms with Crippen molar-refractivity contribution in [2.24, 2.45) is 0 Å². The number of rotatable bonds is 2. The Balaban J connectivity index is 1.83. The summed E-state index contributed by atoms with van der Waals surface area (Å²) in [6, 6.07) is 30.1. The fourth-order valence-corrected chi connectivity index (χ4v) is 3.62. The van der Waals surface area contributed by atoms with Crippen LogP contribution in [0.2, 0.25) is 0 Å². The van der Waals surface area contributed by atoms with Crippen molar-refractivity contribution in [3.63, 3.8) is 0 Å². The van der Waals surface area contributed by atoms with Gasteiger partial charge in [0.1, 0.15) is 5.69 Å². The van der Waals surface area contributed by atoms with Crippen LogP contribution >= 0.6 is 0 Å². The first kappa shape index (κ1) is 16.9. The molecule has 0 atom stereocenters. The van der Waals surface area contributed by atoms with E-state index in [4.69, 9.17) is 9.64 Å². The number of hydrogen-bond acceptors (Lipinski definition) is 3. The van der Waals surface area contributed by atoms with Crippen molar-refractivity contribution in [3.05, 3.63) is 91.0 Å². The van der Waals surface area contributed by atoms with Crippen molar-refractivity contribution in [1.29, 1.82) is 0 Å². The first-order chi connectivity index (χ1) is 13.8. The predicted molar refractivity (Wildman–Crippen MR) is 109 cm³/mol. The molecule has 1 aliphatic heterocycles. The molecule has 5 heteroatoms. The number of benzene rings is 3. The van der Waals surface area contributed by atoms with Crippen LogP contribution in [-0.2, 0) is 11.4 Å². The van der Waals surface area contributed by atoms with E-state index < -0.39 is 7.12 Å². The normalized spacial score (nSPS) is 12.8. The lowest BCUT2D eigenvalue weighted by molar-refractivity contribution is -0.707. The molecule has 1 N–H and O–H groups in total. The third-order valence-electron chi connectivity index (χ3n) is 5.01. The second-order valence-electron chi connectivity index (χ2n) is 6.75. The molecular formula is C23H18BN2O2+. The van der Waals surface area contributed by atoms with Crippen LogP contribution in [0.25, 0.3) is 33.9 Å². The van der Waals surface area contributed by atoms with Gasteiger partial charge in [0.2, 0.25) is 0 Å². The molecular weight excluding hydrogens is 347 g/mol. The Morgan fingerprint density at radius 1 is 0.821 bits per heavy atom. The van der Waals surface area contributed by atoms with Gasteiger partial charge in [-0.15, -0.1) is 0 Å². The summed E-state index contributed by atoms with van der Waals surface area (Å²) in [4.78, 5) is 4.98. The zero-order valence-corrected chi connectivity index (χ0v) is 15.2. The number of nitrogens with zero attached hydrogens (tertiary/aromatic N) is 2. The lowest BCUT2D eigenvalue weighted by atomic mass is 9.76. The Morgan fingerprint density at radius 3 is 2.21 bits per heavy atom. The lowest BCUT2D eigenvalue weighted by Crippen LogP contribution is -2.41. The molecule has 0 amide bonds. The molecule has 4 aromatic rings. The van der Waals surface area contributed by atoms with Crippen molar-refractivity contribution < 1.29 is 14.2 Å². The van der Waals surface area contributed by atoms with Crippen molar-refractivity contribution in [2.45, 2.75) is 6.73 Å². The van der Waals surface area contributed by atoms with Gasteiger partial charge in [0.15, 0.2) is 12.4 Å². The first-order valence-corrected chi connectivity index (χ1v) is 9.26. The molecule has 0 fully saturated rings. The lowest BCUT2D eigenvalue weighted by Gasteiger charge is -2.10. The summed E-state index contributed by atoms with van der Waals surface area (Å²) in [6.45, 7) is 0.220. The Morgan fingerprint density at radius 2 is 1.46 bits per heavy atom. The zero-order valence-electron chi connectivity index (χ0n) is 15.2. The molecule has 0 unspecified atom stereocenters. The van der Waals surface area contributed by atoms with Crippen LogP contribution in [0.15, 0.2) is 91.0 Å². The van der Waals surface area contributed by atoms with Gasteiger partial charge in [-0.1, -0.05) is 78.9 Å². The van der Waals surface area contributed by atoms with Crippen molar-refractivity contribution in [3.8, 4) is 33.9 Å². The molecule has 3 aromatic carbocycles. The van der Waals surface area contributed by atoms with E-state index in [-0.39, 0.29) is 6.73 Å². The quantitative estimate of drug-likeness (QED) is 0.439. The summed E-state index contributed by atoms with van der Waals surface area (Å²) in [6.07, 6.45) is 0. The van der Waals surface area contributed by atoms with Crippen molar-refractivity contribution in [1.82, 2.24) is 4.98 Å². The summed E-state index contributed by atoms with van der Waals surface area (Å²) in [5.74, 6) is 0.785. The van der Waals surface area contributed by atoms with Gasteiger partial charge in [0, 0.05) is 17.2 Å². The molecule has 2 heterocycles. The minimum atomic E-state index is -0.985. The molecule has 1 aliphatic rings. The Labute approximate surface area is 163 Å². The van der Waals surface area contributed by atoms with Gasteiger partial charge < -0.3 is 9.68 Å². The molecule has 0 aliphatic carbocycles. The average Bonchev–Trinajstić information content (AvgIpc) is 2.91. The molecule has 0 saturated heterocycles. The fraction of sp³-hybridized carbons (Fsp3) is 0.0435. The highest BCUT2D eigenvalue weighted by atomic mass is 16.5. The molecule has 4 nitrogen and oxygen atoms in total. The number of hydrogen-bond donors (Lipinski definition) is 1. The summed E-state index contributed by atoms with van der Waals surface area (Å²) in [5, 5.41) is 10.5. The number of fused-ring (bicyclic) bond motifs is 3. The van der Waals surface area contributed by atoms with E-state index in [0.29, 0.717) is 0 Å². The van der Waals surface area contributed by atoms with E-state index in [1.807, 2.05) is 65.2 Å². The van der Waals surface area contributed by atoms with E-state index in [9.17, 15) is 5.02 Å². The topological polar surface area (TPSA) is 46.2 Å². The average molecular weight is 365 g/mol. The molecule has 1 aromatic heterocycles. The number of aromatic nitrogens is 2. The van der Waals surface area contributed by atoms with E-state index in [0.717, 1.165) is 39.4 Å². The summed E-state index contributed by atoms with van der Waals surface area (Å²) >= 11 is 0. The molecule has 28 heavy (non-hydrogen) atoms. The highest BCUT2D eigenvalue weighted by molar-refractivity contribution is 6.61. The first-order valence-electron chi connectivity index (χ1n) is 9.26. The van der Waals surface area contributed by atoms with Crippen molar-refractivity contribution in [2.75, 3.05) is 0 Å². The Hall–Kier alpha value is -3.28. The van der Waals surface area contributed by atoms with E-state index in [2.05, 4.69) is 30.3 Å². The van der Waals surface area contributed by atoms with E-state index in [1.54, 1.807) is 0 Å². The van der Waals surface area contributed by atoms with Gasteiger partial charge in [0.25, 0.3) is 0 Å². The minimum Gasteiger partial charge on any atom is -0.423 e. The molecule has 5 rings (SSSR count). The van der Waals surface area contributed by atoms with Gasteiger partial charge in [-0.05, 0) is 16.5 Å². The minimum absolute atomic E-state index is 0.220. The van der Waals surface area contributed by atoms with Crippen LogP contribution in [0.3, 0.4) is 0 Å². The highest BCUT2D eigenvalue weighted by Crippen LogP contribution is 2.26. The van der Waals surface area contributed by atoms with Gasteiger partial charge in [-0.2, -0.15) is 4.57 Å². The largest absolute Gasteiger partial charge is 0.494 e. The molecule has 0 radical (unpaired) electrons. The van der Waals surface area contributed by atoms with Crippen LogP contribution in [0.1, 0.15) is 0 Å².